The molecule has 1 aliphatic rings. The van der Waals surface area contributed by atoms with Gasteiger partial charge in [0.25, 0.3) is 0 Å². The molecule has 1 atom stereocenters. The molecule has 1 saturated heterocycles. The zero-order chi connectivity index (χ0) is 21.9. The number of carbonyl (C=O) groups is 1. The molecule has 2 amide bonds. The molecule has 30 heavy (non-hydrogen) atoms. The van der Waals surface area contributed by atoms with Crippen LogP contribution in [0.5, 0.6) is 0 Å². The lowest BCUT2D eigenvalue weighted by Gasteiger charge is -2.30. The first kappa shape index (κ1) is 22.4. The van der Waals surface area contributed by atoms with Crippen LogP contribution in [0.1, 0.15) is 37.8 Å². The number of halogens is 1. The minimum absolute atomic E-state index is 0.0361. The maximum atomic E-state index is 12.7. The van der Waals surface area contributed by atoms with Crippen molar-refractivity contribution in [1.29, 1.82) is 0 Å². The van der Waals surface area contributed by atoms with E-state index in [1.165, 1.54) is 18.6 Å². The zero-order valence-electron chi connectivity index (χ0n) is 17.1. The van der Waals surface area contributed by atoms with Crippen molar-refractivity contribution >= 4 is 39.0 Å². The molecular formula is C21H27ClN4O3S. The second-order valence-electron chi connectivity index (χ2n) is 7.54. The van der Waals surface area contributed by atoms with Crippen molar-refractivity contribution in [3.8, 4) is 0 Å². The number of piperidine rings is 1. The highest BCUT2D eigenvalue weighted by Gasteiger charge is 2.19. The summed E-state index contributed by atoms with van der Waals surface area (Å²) in [4.78, 5) is 16.5. The predicted octanol–water partition coefficient (Wildman–Crippen LogP) is 4.20. The first-order valence-corrected chi connectivity index (χ1v) is 11.8. The Morgan fingerprint density at radius 3 is 2.33 bits per heavy atom. The molecule has 0 spiro atoms. The van der Waals surface area contributed by atoms with E-state index in [4.69, 9.17) is 16.7 Å². The molecular weight excluding hydrogens is 424 g/mol. The van der Waals surface area contributed by atoms with Crippen LogP contribution in [0.25, 0.3) is 0 Å². The normalized spacial score (nSPS) is 15.5. The Morgan fingerprint density at radius 2 is 1.77 bits per heavy atom. The van der Waals surface area contributed by atoms with Crippen molar-refractivity contribution in [3.63, 3.8) is 0 Å². The van der Waals surface area contributed by atoms with E-state index < -0.39 is 10.0 Å². The minimum atomic E-state index is -3.75. The number of carbonyl (C=O) groups excluding carboxylic acids is 1. The SMILES string of the molecule is CC(c1ccc(S(N)(=O)=O)cc1)N(C)C(=O)Nc1ccc(N2CCCCC2)c(Cl)c1. The van der Waals surface area contributed by atoms with Crippen LogP contribution in [0.4, 0.5) is 16.2 Å². The van der Waals surface area contributed by atoms with Crippen molar-refractivity contribution in [1.82, 2.24) is 4.90 Å². The number of nitrogens with two attached hydrogens (primary N) is 1. The van der Waals surface area contributed by atoms with Gasteiger partial charge in [0.2, 0.25) is 10.0 Å². The van der Waals surface area contributed by atoms with E-state index >= 15 is 0 Å². The largest absolute Gasteiger partial charge is 0.370 e. The summed E-state index contributed by atoms with van der Waals surface area (Å²) in [7, 11) is -2.07. The van der Waals surface area contributed by atoms with Gasteiger partial charge in [-0.3, -0.25) is 0 Å². The van der Waals surface area contributed by atoms with Crippen LogP contribution in [-0.4, -0.2) is 39.5 Å². The maximum Gasteiger partial charge on any atom is 0.322 e. The number of urea groups is 1. The van der Waals surface area contributed by atoms with E-state index in [2.05, 4.69) is 10.2 Å². The summed E-state index contributed by atoms with van der Waals surface area (Å²) >= 11 is 6.47. The highest BCUT2D eigenvalue weighted by atomic mass is 35.5. The fraction of sp³-hybridized carbons (Fsp3) is 0.381. The number of anilines is 2. The van der Waals surface area contributed by atoms with E-state index in [1.54, 1.807) is 30.1 Å². The first-order chi connectivity index (χ1) is 14.2. The van der Waals surface area contributed by atoms with E-state index in [1.807, 2.05) is 19.1 Å². The van der Waals surface area contributed by atoms with Crippen LogP contribution in [0.2, 0.25) is 5.02 Å². The number of nitrogens with one attached hydrogen (secondary N) is 1. The molecule has 0 bridgehead atoms. The van der Waals surface area contributed by atoms with Crippen molar-refractivity contribution in [3.05, 3.63) is 53.1 Å². The number of rotatable bonds is 5. The standard InChI is InChI=1S/C21H27ClN4O3S/c1-15(16-6-9-18(10-7-16)30(23,28)29)25(2)21(27)24-17-8-11-20(19(22)14-17)26-12-4-3-5-13-26/h6-11,14-15H,3-5,12-13H2,1-2H3,(H,24,27)(H2,23,28,29). The van der Waals surface area contributed by atoms with Gasteiger partial charge in [-0.25, -0.2) is 18.4 Å². The number of nitrogens with zero attached hydrogens (tertiary/aromatic N) is 2. The molecule has 1 fully saturated rings. The van der Waals surface area contributed by atoms with Gasteiger partial charge in [-0.2, -0.15) is 0 Å². The molecule has 0 aliphatic carbocycles. The van der Waals surface area contributed by atoms with Gasteiger partial charge in [-0.05, 0) is 62.1 Å². The summed E-state index contributed by atoms with van der Waals surface area (Å²) in [6, 6.07) is 11.2. The quantitative estimate of drug-likeness (QED) is 0.713. The summed E-state index contributed by atoms with van der Waals surface area (Å²) in [6.07, 6.45) is 3.57. The number of amides is 2. The lowest BCUT2D eigenvalue weighted by Crippen LogP contribution is -2.33. The highest BCUT2D eigenvalue weighted by molar-refractivity contribution is 7.89. The molecule has 1 unspecified atom stereocenters. The van der Waals surface area contributed by atoms with E-state index in [0.717, 1.165) is 37.2 Å². The summed E-state index contributed by atoms with van der Waals surface area (Å²) < 4.78 is 22.8. The summed E-state index contributed by atoms with van der Waals surface area (Å²) in [6.45, 7) is 3.85. The average molecular weight is 451 g/mol. The molecule has 3 N–H and O–H groups in total. The van der Waals surface area contributed by atoms with E-state index in [-0.39, 0.29) is 17.0 Å². The molecule has 0 radical (unpaired) electrons. The Hall–Kier alpha value is -2.29. The van der Waals surface area contributed by atoms with E-state index in [9.17, 15) is 13.2 Å². The number of primary sulfonamides is 1. The van der Waals surface area contributed by atoms with Crippen molar-refractivity contribution in [2.75, 3.05) is 30.4 Å². The Bertz CT molecular complexity index is 1010. The number of hydrogen-bond donors (Lipinski definition) is 2. The monoisotopic (exact) mass is 450 g/mol. The van der Waals surface area contributed by atoms with Crippen LogP contribution < -0.4 is 15.4 Å². The van der Waals surface area contributed by atoms with Gasteiger partial charge >= 0.3 is 6.03 Å². The zero-order valence-corrected chi connectivity index (χ0v) is 18.7. The second-order valence-corrected chi connectivity index (χ2v) is 9.51. The third-order valence-corrected chi connectivity index (χ3v) is 6.72. The molecule has 7 nitrogen and oxygen atoms in total. The van der Waals surface area contributed by atoms with Crippen LogP contribution in [-0.2, 0) is 10.0 Å². The van der Waals surface area contributed by atoms with Crippen molar-refractivity contribution < 1.29 is 13.2 Å². The Balaban J connectivity index is 1.66. The topological polar surface area (TPSA) is 95.7 Å². The molecule has 1 heterocycles. The first-order valence-electron chi connectivity index (χ1n) is 9.88. The lowest BCUT2D eigenvalue weighted by atomic mass is 10.1. The Kier molecular flexibility index (Phi) is 6.90. The van der Waals surface area contributed by atoms with Crippen molar-refractivity contribution in [2.45, 2.75) is 37.1 Å². The van der Waals surface area contributed by atoms with Gasteiger partial charge in [-0.15, -0.1) is 0 Å². The second kappa shape index (κ2) is 9.24. The molecule has 0 aromatic heterocycles. The average Bonchev–Trinajstić information content (AvgIpc) is 2.73. The van der Waals surface area contributed by atoms with Gasteiger partial charge in [0.15, 0.2) is 0 Å². The number of hydrogen-bond acceptors (Lipinski definition) is 4. The lowest BCUT2D eigenvalue weighted by molar-refractivity contribution is 0.208. The predicted molar refractivity (Wildman–Crippen MR) is 121 cm³/mol. The number of sulfonamides is 1. The molecule has 2 aromatic rings. The molecule has 3 rings (SSSR count). The van der Waals surface area contributed by atoms with Gasteiger partial charge in [0, 0.05) is 25.8 Å². The third kappa shape index (κ3) is 5.24. The van der Waals surface area contributed by atoms with Gasteiger partial charge < -0.3 is 15.1 Å². The summed E-state index contributed by atoms with van der Waals surface area (Å²) in [5, 5.41) is 8.61. The highest BCUT2D eigenvalue weighted by Crippen LogP contribution is 2.31. The Morgan fingerprint density at radius 1 is 1.13 bits per heavy atom. The van der Waals surface area contributed by atoms with Crippen LogP contribution in [0.3, 0.4) is 0 Å². The fourth-order valence-corrected chi connectivity index (χ4v) is 4.34. The van der Waals surface area contributed by atoms with Crippen LogP contribution in [0, 0.1) is 0 Å². The smallest absolute Gasteiger partial charge is 0.322 e. The third-order valence-electron chi connectivity index (χ3n) is 5.49. The van der Waals surface area contributed by atoms with E-state index in [0.29, 0.717) is 10.7 Å². The molecule has 9 heteroatoms. The van der Waals surface area contributed by atoms with Gasteiger partial charge in [-0.1, -0.05) is 23.7 Å². The number of benzene rings is 2. The molecule has 0 saturated carbocycles. The Labute approximate surface area is 182 Å². The molecule has 2 aromatic carbocycles. The summed E-state index contributed by atoms with van der Waals surface area (Å²) in [5.74, 6) is 0. The van der Waals surface area contributed by atoms with Crippen molar-refractivity contribution in [2.24, 2.45) is 5.14 Å². The molecule has 162 valence electrons. The summed E-state index contributed by atoms with van der Waals surface area (Å²) in [5.41, 5.74) is 2.40. The van der Waals surface area contributed by atoms with Gasteiger partial charge in [0.1, 0.15) is 0 Å². The van der Waals surface area contributed by atoms with Crippen LogP contribution >= 0.6 is 11.6 Å². The maximum absolute atomic E-state index is 12.7. The fourth-order valence-electron chi connectivity index (χ4n) is 3.52. The van der Waals surface area contributed by atoms with Crippen LogP contribution in [0.15, 0.2) is 47.4 Å². The minimum Gasteiger partial charge on any atom is -0.370 e. The molecule has 1 aliphatic heterocycles. The van der Waals surface area contributed by atoms with Gasteiger partial charge in [0.05, 0.1) is 21.6 Å².